The second-order valence-corrected chi connectivity index (χ2v) is 6.97. The van der Waals surface area contributed by atoms with Crippen molar-refractivity contribution in [2.75, 3.05) is 5.32 Å². The molecule has 0 aliphatic rings. The van der Waals surface area contributed by atoms with Crippen molar-refractivity contribution in [1.82, 2.24) is 4.98 Å². The van der Waals surface area contributed by atoms with Crippen molar-refractivity contribution in [1.29, 1.82) is 0 Å². The Kier molecular flexibility index (Phi) is 7.58. The lowest BCUT2D eigenvalue weighted by atomic mass is 10.0. The minimum atomic E-state index is 0.0271. The van der Waals surface area contributed by atoms with Gasteiger partial charge >= 0.3 is 0 Å². The summed E-state index contributed by atoms with van der Waals surface area (Å²) < 4.78 is 0. The van der Waals surface area contributed by atoms with Gasteiger partial charge in [0.15, 0.2) is 5.78 Å². The topological polar surface area (TPSA) is 42.0 Å². The van der Waals surface area contributed by atoms with Crippen molar-refractivity contribution in [3.8, 4) is 0 Å². The van der Waals surface area contributed by atoms with Crippen molar-refractivity contribution >= 4 is 11.5 Å². The van der Waals surface area contributed by atoms with E-state index in [1.54, 1.807) is 6.20 Å². The molecule has 3 nitrogen and oxygen atoms in total. The summed E-state index contributed by atoms with van der Waals surface area (Å²) in [5.41, 5.74) is 5.90. The van der Waals surface area contributed by atoms with Gasteiger partial charge in [-0.05, 0) is 62.1 Å². The lowest BCUT2D eigenvalue weighted by Gasteiger charge is -2.12. The Morgan fingerprint density at radius 3 is 2.58 bits per heavy atom. The molecule has 3 heteroatoms. The van der Waals surface area contributed by atoms with Gasteiger partial charge in [0.25, 0.3) is 0 Å². The Labute approximate surface area is 157 Å². The molecule has 2 rings (SSSR count). The summed E-state index contributed by atoms with van der Waals surface area (Å²) in [4.78, 5) is 16.5. The van der Waals surface area contributed by atoms with E-state index < -0.39 is 0 Å². The third-order valence-corrected chi connectivity index (χ3v) is 4.57. The predicted octanol–water partition coefficient (Wildman–Crippen LogP) is 6.02. The van der Waals surface area contributed by atoms with Crippen LogP contribution in [-0.2, 0) is 6.42 Å². The summed E-state index contributed by atoms with van der Waals surface area (Å²) in [5, 5.41) is 3.26. The molecular formula is C23H30N2O. The van der Waals surface area contributed by atoms with E-state index in [0.29, 0.717) is 11.3 Å². The van der Waals surface area contributed by atoms with Crippen LogP contribution in [0.2, 0.25) is 0 Å². The van der Waals surface area contributed by atoms with E-state index in [-0.39, 0.29) is 12.2 Å². The summed E-state index contributed by atoms with van der Waals surface area (Å²) in [6.45, 7) is 10.3. The maximum absolute atomic E-state index is 12.3. The summed E-state index contributed by atoms with van der Waals surface area (Å²) in [5.74, 6) is 0.0271. The first kappa shape index (κ1) is 19.9. The molecule has 1 N–H and O–H groups in total. The molecular weight excluding hydrogens is 320 g/mol. The SMILES string of the molecule is C=C(CC(=O)c1ccc(C)nc1)Nc1ccc(CCCCCC)c(C)c1. The molecule has 0 radical (unpaired) electrons. The van der Waals surface area contributed by atoms with Gasteiger partial charge in [0, 0.05) is 28.8 Å². The third-order valence-electron chi connectivity index (χ3n) is 4.57. The van der Waals surface area contributed by atoms with Crippen LogP contribution in [0.25, 0.3) is 0 Å². The number of allylic oxidation sites excluding steroid dienone is 1. The number of aromatic nitrogens is 1. The molecule has 0 unspecified atom stereocenters. The lowest BCUT2D eigenvalue weighted by Crippen LogP contribution is -2.07. The summed E-state index contributed by atoms with van der Waals surface area (Å²) in [6, 6.07) is 10.1. The Morgan fingerprint density at radius 2 is 1.92 bits per heavy atom. The van der Waals surface area contributed by atoms with E-state index in [0.717, 1.165) is 17.8 Å². The summed E-state index contributed by atoms with van der Waals surface area (Å²) >= 11 is 0. The van der Waals surface area contributed by atoms with Crippen molar-refractivity contribution in [3.05, 3.63) is 71.2 Å². The van der Waals surface area contributed by atoms with Crippen LogP contribution in [0.3, 0.4) is 0 Å². The molecule has 0 saturated heterocycles. The fourth-order valence-electron chi connectivity index (χ4n) is 2.97. The molecule has 26 heavy (non-hydrogen) atoms. The second kappa shape index (κ2) is 9.91. The molecule has 0 atom stereocenters. The highest BCUT2D eigenvalue weighted by Gasteiger charge is 2.09. The second-order valence-electron chi connectivity index (χ2n) is 6.97. The van der Waals surface area contributed by atoms with Gasteiger partial charge in [0.2, 0.25) is 0 Å². The van der Waals surface area contributed by atoms with E-state index in [2.05, 4.69) is 48.9 Å². The number of Topliss-reactive ketones (excluding diaryl/α,β-unsaturated/α-hetero) is 1. The van der Waals surface area contributed by atoms with Gasteiger partial charge < -0.3 is 5.32 Å². The molecule has 0 spiro atoms. The van der Waals surface area contributed by atoms with Gasteiger partial charge in [-0.15, -0.1) is 0 Å². The van der Waals surface area contributed by atoms with Gasteiger partial charge in [-0.25, -0.2) is 0 Å². The maximum Gasteiger partial charge on any atom is 0.170 e. The molecule has 0 amide bonds. The Morgan fingerprint density at radius 1 is 1.12 bits per heavy atom. The van der Waals surface area contributed by atoms with Crippen molar-refractivity contribution in [2.45, 2.75) is 59.3 Å². The van der Waals surface area contributed by atoms with Crippen LogP contribution in [0.5, 0.6) is 0 Å². The zero-order valence-electron chi connectivity index (χ0n) is 16.3. The highest BCUT2D eigenvalue weighted by Crippen LogP contribution is 2.20. The van der Waals surface area contributed by atoms with E-state index >= 15 is 0 Å². The van der Waals surface area contributed by atoms with Crippen LogP contribution in [0.4, 0.5) is 5.69 Å². The molecule has 1 aromatic carbocycles. The molecule has 0 aliphatic carbocycles. The normalized spacial score (nSPS) is 10.6. The van der Waals surface area contributed by atoms with Gasteiger partial charge in [-0.3, -0.25) is 9.78 Å². The molecule has 138 valence electrons. The number of nitrogens with zero attached hydrogens (tertiary/aromatic N) is 1. The van der Waals surface area contributed by atoms with E-state index in [1.807, 2.05) is 19.1 Å². The van der Waals surface area contributed by atoms with E-state index in [1.165, 1.54) is 36.8 Å². The number of carbonyl (C=O) groups excluding carboxylic acids is 1. The van der Waals surface area contributed by atoms with Crippen LogP contribution < -0.4 is 5.32 Å². The molecule has 0 saturated carbocycles. The number of nitrogens with one attached hydrogen (secondary N) is 1. The van der Waals surface area contributed by atoms with Crippen molar-refractivity contribution < 1.29 is 4.79 Å². The van der Waals surface area contributed by atoms with Gasteiger partial charge in [0.1, 0.15) is 0 Å². The average molecular weight is 351 g/mol. The number of carbonyl (C=O) groups is 1. The number of aryl methyl sites for hydroxylation is 3. The Hall–Kier alpha value is -2.42. The predicted molar refractivity (Wildman–Crippen MR) is 110 cm³/mol. The molecule has 1 heterocycles. The summed E-state index contributed by atoms with van der Waals surface area (Å²) in [6.07, 6.45) is 8.14. The first-order chi connectivity index (χ1) is 12.5. The smallest absolute Gasteiger partial charge is 0.170 e. The first-order valence-electron chi connectivity index (χ1n) is 9.49. The van der Waals surface area contributed by atoms with Crippen LogP contribution in [0.15, 0.2) is 48.8 Å². The van der Waals surface area contributed by atoms with Crippen molar-refractivity contribution in [2.24, 2.45) is 0 Å². The maximum atomic E-state index is 12.3. The first-order valence-corrected chi connectivity index (χ1v) is 9.49. The molecule has 0 fully saturated rings. The van der Waals surface area contributed by atoms with E-state index in [9.17, 15) is 4.79 Å². The number of rotatable bonds is 10. The average Bonchev–Trinajstić information content (AvgIpc) is 2.60. The zero-order chi connectivity index (χ0) is 18.9. The van der Waals surface area contributed by atoms with Crippen LogP contribution in [0, 0.1) is 13.8 Å². The van der Waals surface area contributed by atoms with Crippen LogP contribution >= 0.6 is 0 Å². The fourth-order valence-corrected chi connectivity index (χ4v) is 2.97. The monoisotopic (exact) mass is 350 g/mol. The quantitative estimate of drug-likeness (QED) is 0.421. The van der Waals surface area contributed by atoms with Gasteiger partial charge in [0.05, 0.1) is 6.42 Å². The number of hydrogen-bond acceptors (Lipinski definition) is 3. The van der Waals surface area contributed by atoms with Crippen LogP contribution in [-0.4, -0.2) is 10.8 Å². The number of unbranched alkanes of at least 4 members (excludes halogenated alkanes) is 3. The largest absolute Gasteiger partial charge is 0.359 e. The highest BCUT2D eigenvalue weighted by molar-refractivity contribution is 5.97. The van der Waals surface area contributed by atoms with Crippen LogP contribution in [0.1, 0.15) is 66.2 Å². The number of anilines is 1. The standard InChI is InChI=1S/C23H30N2O/c1-5-6-7-8-9-20-12-13-22(14-17(20)2)25-19(4)15-23(26)21-11-10-18(3)24-16-21/h10-14,16,25H,4-9,15H2,1-3H3. The minimum Gasteiger partial charge on any atom is -0.359 e. The van der Waals surface area contributed by atoms with E-state index in [4.69, 9.17) is 0 Å². The lowest BCUT2D eigenvalue weighted by molar-refractivity contribution is 0.0993. The third kappa shape index (κ3) is 6.14. The number of hydrogen-bond donors (Lipinski definition) is 1. The summed E-state index contributed by atoms with van der Waals surface area (Å²) in [7, 11) is 0. The zero-order valence-corrected chi connectivity index (χ0v) is 16.3. The molecule has 0 bridgehead atoms. The van der Waals surface area contributed by atoms with Crippen molar-refractivity contribution in [3.63, 3.8) is 0 Å². The number of pyridine rings is 1. The molecule has 1 aromatic heterocycles. The number of benzene rings is 1. The Balaban J connectivity index is 1.89. The highest BCUT2D eigenvalue weighted by atomic mass is 16.1. The minimum absolute atomic E-state index is 0.0271. The molecule has 2 aromatic rings. The number of ketones is 1. The Bertz CT molecular complexity index is 747. The fraction of sp³-hybridized carbons (Fsp3) is 0.391. The molecule has 0 aliphatic heterocycles. The van der Waals surface area contributed by atoms with Gasteiger partial charge in [-0.1, -0.05) is 38.8 Å². The van der Waals surface area contributed by atoms with Gasteiger partial charge in [-0.2, -0.15) is 0 Å².